The van der Waals surface area contributed by atoms with Crippen molar-refractivity contribution in [1.29, 1.82) is 0 Å². The zero-order valence-corrected chi connectivity index (χ0v) is 16.0. The molecule has 0 aliphatic carbocycles. The van der Waals surface area contributed by atoms with Crippen LogP contribution in [-0.2, 0) is 29.1 Å². The largest absolute Gasteiger partial charge is 0.456 e. The maximum absolute atomic E-state index is 11.8. The van der Waals surface area contributed by atoms with E-state index in [4.69, 9.17) is 4.74 Å². The molecule has 10 heteroatoms. The van der Waals surface area contributed by atoms with Crippen LogP contribution in [0.1, 0.15) is 12.0 Å². The summed E-state index contributed by atoms with van der Waals surface area (Å²) in [5.74, 6) is -1.66. The molecule has 148 valence electrons. The molecular formula is C17H23N3O6S. The first-order valence-corrected chi connectivity index (χ1v) is 9.59. The summed E-state index contributed by atoms with van der Waals surface area (Å²) in [4.78, 5) is 35.6. The van der Waals surface area contributed by atoms with E-state index < -0.39 is 28.5 Å². The number of amides is 2. The summed E-state index contributed by atoms with van der Waals surface area (Å²) in [5, 5.41) is 3.31. The van der Waals surface area contributed by atoms with Crippen molar-refractivity contribution in [2.24, 2.45) is 0 Å². The van der Waals surface area contributed by atoms with Gasteiger partial charge in [-0.25, -0.2) is 13.1 Å². The predicted octanol–water partition coefficient (Wildman–Crippen LogP) is -0.286. The quantitative estimate of drug-likeness (QED) is 0.524. The highest BCUT2D eigenvalue weighted by Gasteiger charge is 2.11. The predicted molar refractivity (Wildman–Crippen MR) is 99.7 cm³/mol. The molecule has 0 aliphatic heterocycles. The van der Waals surface area contributed by atoms with E-state index in [0.29, 0.717) is 0 Å². The molecule has 2 amide bonds. The van der Waals surface area contributed by atoms with Crippen molar-refractivity contribution in [3.05, 3.63) is 41.3 Å². The Labute approximate surface area is 158 Å². The third kappa shape index (κ3) is 10.1. The number of nitrogens with zero attached hydrogens (tertiary/aromatic N) is 1. The van der Waals surface area contributed by atoms with Crippen LogP contribution >= 0.6 is 0 Å². The normalized spacial score (nSPS) is 11.2. The monoisotopic (exact) mass is 397 g/mol. The van der Waals surface area contributed by atoms with Crippen LogP contribution in [0.2, 0.25) is 0 Å². The number of carbonyl (C=O) groups excluding carboxylic acids is 3. The summed E-state index contributed by atoms with van der Waals surface area (Å²) < 4.78 is 30.6. The van der Waals surface area contributed by atoms with Crippen LogP contribution in [0, 0.1) is 0 Å². The highest BCUT2D eigenvalue weighted by Crippen LogP contribution is 2.02. The van der Waals surface area contributed by atoms with Gasteiger partial charge in [0.05, 0.1) is 13.0 Å². The standard InChI is InChI=1S/C17H23N3O6S/c1-20(2)16(22)12-18-15(21)13-26-17(23)8-10-19-27(24,25)11-9-14-6-4-3-5-7-14/h3-7,9,11,19H,8,10,12-13H2,1-2H3,(H,18,21)/b11-9+. The van der Waals surface area contributed by atoms with Gasteiger partial charge in [0.1, 0.15) is 0 Å². The second-order valence-corrected chi connectivity index (χ2v) is 7.28. The van der Waals surface area contributed by atoms with Gasteiger partial charge in [0, 0.05) is 26.0 Å². The van der Waals surface area contributed by atoms with Crippen LogP contribution < -0.4 is 10.0 Å². The second kappa shape index (κ2) is 11.1. The Hall–Kier alpha value is -2.72. The molecule has 0 bridgehead atoms. The molecule has 9 nitrogen and oxygen atoms in total. The average Bonchev–Trinajstić information content (AvgIpc) is 2.63. The first-order chi connectivity index (χ1) is 12.7. The van der Waals surface area contributed by atoms with E-state index in [-0.39, 0.29) is 25.4 Å². The summed E-state index contributed by atoms with van der Waals surface area (Å²) >= 11 is 0. The summed E-state index contributed by atoms with van der Waals surface area (Å²) in [6, 6.07) is 8.88. The highest BCUT2D eigenvalue weighted by molar-refractivity contribution is 7.92. The molecule has 1 rings (SSSR count). The van der Waals surface area contributed by atoms with Gasteiger partial charge in [0.25, 0.3) is 5.91 Å². The van der Waals surface area contributed by atoms with Crippen LogP contribution in [0.3, 0.4) is 0 Å². The van der Waals surface area contributed by atoms with Gasteiger partial charge in [-0.1, -0.05) is 30.3 Å². The first-order valence-electron chi connectivity index (χ1n) is 8.05. The third-order valence-corrected chi connectivity index (χ3v) is 4.27. The molecule has 1 aromatic rings. The number of carbonyl (C=O) groups is 3. The van der Waals surface area contributed by atoms with Crippen molar-refractivity contribution in [3.8, 4) is 0 Å². The van der Waals surface area contributed by atoms with E-state index in [1.807, 2.05) is 6.07 Å². The van der Waals surface area contributed by atoms with E-state index in [1.54, 1.807) is 38.4 Å². The summed E-state index contributed by atoms with van der Waals surface area (Å²) in [6.07, 6.45) is 1.20. The molecule has 0 spiro atoms. The van der Waals surface area contributed by atoms with Crippen molar-refractivity contribution in [2.45, 2.75) is 6.42 Å². The molecule has 0 aromatic heterocycles. The molecule has 0 atom stereocenters. The van der Waals surface area contributed by atoms with Crippen molar-refractivity contribution in [2.75, 3.05) is 33.8 Å². The van der Waals surface area contributed by atoms with Crippen LogP contribution in [0.25, 0.3) is 6.08 Å². The zero-order chi connectivity index (χ0) is 20.3. The SMILES string of the molecule is CN(C)C(=O)CNC(=O)COC(=O)CCNS(=O)(=O)/C=C/c1ccccc1. The number of esters is 1. The van der Waals surface area contributed by atoms with Crippen LogP contribution in [-0.4, -0.2) is 64.9 Å². The number of hydrogen-bond acceptors (Lipinski definition) is 6. The molecule has 0 radical (unpaired) electrons. The molecule has 0 fully saturated rings. The van der Waals surface area contributed by atoms with Gasteiger partial charge in [0.2, 0.25) is 15.9 Å². The van der Waals surface area contributed by atoms with Crippen molar-refractivity contribution >= 4 is 33.9 Å². The Bertz CT molecular complexity index is 775. The Morgan fingerprint density at radius 1 is 1.15 bits per heavy atom. The number of ether oxygens (including phenoxy) is 1. The second-order valence-electron chi connectivity index (χ2n) is 5.63. The molecule has 1 aromatic carbocycles. The van der Waals surface area contributed by atoms with Gasteiger partial charge in [-0.05, 0) is 11.6 Å². The number of nitrogens with one attached hydrogen (secondary N) is 2. The lowest BCUT2D eigenvalue weighted by Gasteiger charge is -2.11. The molecule has 0 saturated heterocycles. The third-order valence-electron chi connectivity index (χ3n) is 3.17. The summed E-state index contributed by atoms with van der Waals surface area (Å²) in [6.45, 7) is -0.905. The minimum Gasteiger partial charge on any atom is -0.456 e. The van der Waals surface area contributed by atoms with E-state index in [1.165, 1.54) is 11.0 Å². The minimum atomic E-state index is -3.69. The maximum atomic E-state index is 11.8. The number of hydrogen-bond donors (Lipinski definition) is 2. The van der Waals surface area contributed by atoms with Gasteiger partial charge in [0.15, 0.2) is 6.61 Å². The van der Waals surface area contributed by atoms with Crippen molar-refractivity contribution in [1.82, 2.24) is 14.9 Å². The topological polar surface area (TPSA) is 122 Å². The maximum Gasteiger partial charge on any atom is 0.307 e. The summed E-state index contributed by atoms with van der Waals surface area (Å²) in [7, 11) is -0.600. The molecule has 0 unspecified atom stereocenters. The fraction of sp³-hybridized carbons (Fsp3) is 0.353. The zero-order valence-electron chi connectivity index (χ0n) is 15.2. The fourth-order valence-corrected chi connectivity index (χ4v) is 2.50. The van der Waals surface area contributed by atoms with E-state index in [2.05, 4.69) is 10.0 Å². The molecule has 0 heterocycles. The molecule has 0 saturated carbocycles. The average molecular weight is 397 g/mol. The van der Waals surface area contributed by atoms with Gasteiger partial charge >= 0.3 is 5.97 Å². The van der Waals surface area contributed by atoms with Crippen LogP contribution in [0.15, 0.2) is 35.7 Å². The number of rotatable bonds is 10. The fourth-order valence-electron chi connectivity index (χ4n) is 1.68. The number of benzene rings is 1. The molecule has 27 heavy (non-hydrogen) atoms. The van der Waals surface area contributed by atoms with Gasteiger partial charge < -0.3 is 15.0 Å². The molecule has 0 aliphatic rings. The Kier molecular flexibility index (Phi) is 9.17. The number of likely N-dealkylation sites (N-methyl/N-ethyl adjacent to an activating group) is 1. The van der Waals surface area contributed by atoms with E-state index >= 15 is 0 Å². The van der Waals surface area contributed by atoms with Gasteiger partial charge in [-0.2, -0.15) is 0 Å². The lowest BCUT2D eigenvalue weighted by atomic mass is 10.2. The lowest BCUT2D eigenvalue weighted by Crippen LogP contribution is -2.38. The van der Waals surface area contributed by atoms with Crippen LogP contribution in [0.5, 0.6) is 0 Å². The first kappa shape index (κ1) is 22.3. The number of sulfonamides is 1. The Balaban J connectivity index is 2.27. The lowest BCUT2D eigenvalue weighted by molar-refractivity contribution is -0.148. The molecule has 2 N–H and O–H groups in total. The summed E-state index contributed by atoms with van der Waals surface area (Å²) in [5.41, 5.74) is 0.723. The Morgan fingerprint density at radius 2 is 1.81 bits per heavy atom. The Morgan fingerprint density at radius 3 is 2.44 bits per heavy atom. The minimum absolute atomic E-state index is 0.166. The van der Waals surface area contributed by atoms with Crippen LogP contribution in [0.4, 0.5) is 0 Å². The van der Waals surface area contributed by atoms with Gasteiger partial charge in [-0.3, -0.25) is 14.4 Å². The smallest absolute Gasteiger partial charge is 0.307 e. The molecular weight excluding hydrogens is 374 g/mol. The van der Waals surface area contributed by atoms with E-state index in [0.717, 1.165) is 11.0 Å². The highest BCUT2D eigenvalue weighted by atomic mass is 32.2. The van der Waals surface area contributed by atoms with Crippen molar-refractivity contribution < 1.29 is 27.5 Å². The van der Waals surface area contributed by atoms with E-state index in [9.17, 15) is 22.8 Å². The van der Waals surface area contributed by atoms with Gasteiger partial charge in [-0.15, -0.1) is 0 Å². The van der Waals surface area contributed by atoms with Crippen molar-refractivity contribution in [3.63, 3.8) is 0 Å².